The first-order valence-corrected chi connectivity index (χ1v) is 6.05. The molecule has 0 radical (unpaired) electrons. The van der Waals surface area contributed by atoms with Gasteiger partial charge in [0.15, 0.2) is 5.78 Å². The van der Waals surface area contributed by atoms with E-state index in [4.69, 9.17) is 23.2 Å². The number of hydrogen-bond acceptors (Lipinski definition) is 2. The molecule has 0 saturated carbocycles. The fourth-order valence-corrected chi connectivity index (χ4v) is 2.12. The molecule has 5 heteroatoms. The Hall–Kier alpha value is -1.06. The molecule has 0 aliphatic carbocycles. The van der Waals surface area contributed by atoms with Crippen LogP contribution in [0.3, 0.4) is 0 Å². The molecule has 3 nitrogen and oxygen atoms in total. The zero-order chi connectivity index (χ0) is 12.4. The van der Waals surface area contributed by atoms with Gasteiger partial charge in [-0.15, -0.1) is 0 Å². The summed E-state index contributed by atoms with van der Waals surface area (Å²) in [6, 6.07) is 5.39. The SMILES string of the molecule is O=C1CC(=O)N(CCc2ccc(Cl)c(Cl)c2)C1. The van der Waals surface area contributed by atoms with E-state index >= 15 is 0 Å². The van der Waals surface area contributed by atoms with Crippen LogP contribution in [-0.4, -0.2) is 29.7 Å². The average Bonchev–Trinajstić information content (AvgIpc) is 2.59. The number of Topliss-reactive ketones (excluding diaryl/α,β-unsaturated/α-hetero) is 1. The minimum Gasteiger partial charge on any atom is -0.335 e. The smallest absolute Gasteiger partial charge is 0.230 e. The van der Waals surface area contributed by atoms with Crippen LogP contribution in [-0.2, 0) is 16.0 Å². The number of ketones is 1. The lowest BCUT2D eigenvalue weighted by molar-refractivity contribution is -0.127. The van der Waals surface area contributed by atoms with Crippen molar-refractivity contribution in [1.29, 1.82) is 0 Å². The van der Waals surface area contributed by atoms with Gasteiger partial charge in [-0.25, -0.2) is 0 Å². The van der Waals surface area contributed by atoms with Gasteiger partial charge >= 0.3 is 0 Å². The molecule has 0 unspecified atom stereocenters. The van der Waals surface area contributed by atoms with Crippen molar-refractivity contribution in [3.05, 3.63) is 33.8 Å². The van der Waals surface area contributed by atoms with Crippen molar-refractivity contribution in [3.63, 3.8) is 0 Å². The van der Waals surface area contributed by atoms with Crippen LogP contribution in [0.4, 0.5) is 0 Å². The van der Waals surface area contributed by atoms with E-state index in [1.54, 1.807) is 17.0 Å². The van der Waals surface area contributed by atoms with Crippen molar-refractivity contribution in [3.8, 4) is 0 Å². The van der Waals surface area contributed by atoms with Crippen LogP contribution in [0.2, 0.25) is 10.0 Å². The highest BCUT2D eigenvalue weighted by Crippen LogP contribution is 2.23. The van der Waals surface area contributed by atoms with E-state index in [1.807, 2.05) is 6.07 Å². The van der Waals surface area contributed by atoms with Crippen molar-refractivity contribution in [2.24, 2.45) is 0 Å². The number of rotatable bonds is 3. The Morgan fingerprint density at radius 3 is 2.53 bits per heavy atom. The monoisotopic (exact) mass is 271 g/mol. The van der Waals surface area contributed by atoms with E-state index in [0.29, 0.717) is 23.0 Å². The Bertz CT molecular complexity index is 474. The van der Waals surface area contributed by atoms with Crippen LogP contribution in [0.1, 0.15) is 12.0 Å². The molecular formula is C12H11Cl2NO2. The first-order chi connectivity index (χ1) is 8.06. The molecule has 1 aliphatic heterocycles. The van der Waals surface area contributed by atoms with E-state index in [2.05, 4.69) is 0 Å². The highest BCUT2D eigenvalue weighted by molar-refractivity contribution is 6.42. The summed E-state index contributed by atoms with van der Waals surface area (Å²) in [7, 11) is 0. The van der Waals surface area contributed by atoms with Gasteiger partial charge in [0.05, 0.1) is 23.0 Å². The fourth-order valence-electron chi connectivity index (χ4n) is 1.80. The zero-order valence-electron chi connectivity index (χ0n) is 9.08. The Morgan fingerprint density at radius 1 is 1.18 bits per heavy atom. The minimum absolute atomic E-state index is 0.0101. The normalized spacial score (nSPS) is 15.8. The van der Waals surface area contributed by atoms with Crippen molar-refractivity contribution >= 4 is 34.9 Å². The second kappa shape index (κ2) is 5.07. The zero-order valence-corrected chi connectivity index (χ0v) is 10.6. The third kappa shape index (κ3) is 2.99. The van der Waals surface area contributed by atoms with Crippen LogP contribution in [0.25, 0.3) is 0 Å². The minimum atomic E-state index is -0.0879. The Morgan fingerprint density at radius 2 is 1.94 bits per heavy atom. The topological polar surface area (TPSA) is 37.4 Å². The summed E-state index contributed by atoms with van der Waals surface area (Å²) in [5, 5.41) is 1.02. The van der Waals surface area contributed by atoms with Crippen LogP contribution in [0, 0.1) is 0 Å². The highest BCUT2D eigenvalue weighted by Gasteiger charge is 2.26. The summed E-state index contributed by atoms with van der Waals surface area (Å²) in [5.41, 5.74) is 1.01. The number of likely N-dealkylation sites (tertiary alicyclic amines) is 1. The van der Waals surface area contributed by atoms with Gasteiger partial charge < -0.3 is 4.90 Å². The molecule has 1 aromatic carbocycles. The molecule has 0 spiro atoms. The van der Waals surface area contributed by atoms with Gasteiger partial charge in [0.25, 0.3) is 0 Å². The van der Waals surface area contributed by atoms with Gasteiger partial charge in [-0.1, -0.05) is 29.3 Å². The van der Waals surface area contributed by atoms with Gasteiger partial charge in [0.1, 0.15) is 0 Å². The first-order valence-electron chi connectivity index (χ1n) is 5.29. The van der Waals surface area contributed by atoms with E-state index in [9.17, 15) is 9.59 Å². The number of hydrogen-bond donors (Lipinski definition) is 0. The van der Waals surface area contributed by atoms with Crippen LogP contribution in [0.15, 0.2) is 18.2 Å². The molecule has 1 heterocycles. The van der Waals surface area contributed by atoms with E-state index in [1.165, 1.54) is 0 Å². The molecule has 0 aromatic heterocycles. The Balaban J connectivity index is 1.96. The predicted molar refractivity (Wildman–Crippen MR) is 66.4 cm³/mol. The molecule has 1 aliphatic rings. The number of carbonyl (C=O) groups excluding carboxylic acids is 2. The summed E-state index contributed by atoms with van der Waals surface area (Å²) < 4.78 is 0. The maximum atomic E-state index is 11.4. The highest BCUT2D eigenvalue weighted by atomic mass is 35.5. The molecule has 1 amide bonds. The summed E-state index contributed by atoms with van der Waals surface area (Å²) in [6.07, 6.45) is 0.720. The van der Waals surface area contributed by atoms with Crippen molar-refractivity contribution in [1.82, 2.24) is 4.90 Å². The molecule has 1 saturated heterocycles. The van der Waals surface area contributed by atoms with Crippen LogP contribution < -0.4 is 0 Å². The van der Waals surface area contributed by atoms with Gasteiger partial charge in [-0.2, -0.15) is 0 Å². The van der Waals surface area contributed by atoms with Crippen molar-refractivity contribution in [2.45, 2.75) is 12.8 Å². The summed E-state index contributed by atoms with van der Waals surface area (Å²) in [6.45, 7) is 0.780. The largest absolute Gasteiger partial charge is 0.335 e. The molecule has 17 heavy (non-hydrogen) atoms. The third-order valence-electron chi connectivity index (χ3n) is 2.72. The molecular weight excluding hydrogens is 261 g/mol. The maximum absolute atomic E-state index is 11.4. The van der Waals surface area contributed by atoms with E-state index in [-0.39, 0.29) is 24.7 Å². The molecule has 1 aromatic rings. The van der Waals surface area contributed by atoms with E-state index < -0.39 is 0 Å². The predicted octanol–water partition coefficient (Wildman–Crippen LogP) is 2.34. The van der Waals surface area contributed by atoms with Crippen molar-refractivity contribution < 1.29 is 9.59 Å². The first kappa shape index (κ1) is 12.4. The molecule has 2 rings (SSSR count). The number of nitrogens with zero attached hydrogens (tertiary/aromatic N) is 1. The van der Waals surface area contributed by atoms with E-state index in [0.717, 1.165) is 5.56 Å². The summed E-state index contributed by atoms with van der Waals surface area (Å²) in [5.74, 6) is -0.0980. The average molecular weight is 272 g/mol. The van der Waals surface area contributed by atoms with Gasteiger partial charge in [0.2, 0.25) is 5.91 Å². The van der Waals surface area contributed by atoms with Crippen LogP contribution in [0.5, 0.6) is 0 Å². The van der Waals surface area contributed by atoms with Gasteiger partial charge in [-0.05, 0) is 24.1 Å². The quantitative estimate of drug-likeness (QED) is 0.792. The number of benzene rings is 1. The molecule has 90 valence electrons. The number of halogens is 2. The lowest BCUT2D eigenvalue weighted by Gasteiger charge is -2.14. The Labute approximate surface area is 109 Å². The van der Waals surface area contributed by atoms with Crippen LogP contribution >= 0.6 is 23.2 Å². The number of carbonyl (C=O) groups is 2. The lowest BCUT2D eigenvalue weighted by Crippen LogP contribution is -2.27. The summed E-state index contributed by atoms with van der Waals surface area (Å²) >= 11 is 11.7. The lowest BCUT2D eigenvalue weighted by atomic mass is 10.1. The van der Waals surface area contributed by atoms with Gasteiger partial charge in [-0.3, -0.25) is 9.59 Å². The molecule has 1 fully saturated rings. The second-order valence-electron chi connectivity index (χ2n) is 4.03. The van der Waals surface area contributed by atoms with Crippen molar-refractivity contribution in [2.75, 3.05) is 13.1 Å². The molecule has 0 atom stereocenters. The summed E-state index contributed by atoms with van der Waals surface area (Å²) in [4.78, 5) is 24.0. The Kier molecular flexibility index (Phi) is 3.69. The fraction of sp³-hybridized carbons (Fsp3) is 0.333. The number of amides is 1. The molecule has 0 bridgehead atoms. The van der Waals surface area contributed by atoms with Gasteiger partial charge in [0, 0.05) is 6.54 Å². The maximum Gasteiger partial charge on any atom is 0.230 e. The standard InChI is InChI=1S/C12H11Cl2NO2/c13-10-2-1-8(5-11(10)14)3-4-15-7-9(16)6-12(15)17/h1-2,5H,3-4,6-7H2. The second-order valence-corrected chi connectivity index (χ2v) is 4.84. The molecule has 0 N–H and O–H groups in total. The third-order valence-corrected chi connectivity index (χ3v) is 3.46.